The van der Waals surface area contributed by atoms with Gasteiger partial charge in [-0.25, -0.2) is 0 Å². The van der Waals surface area contributed by atoms with Crippen molar-refractivity contribution in [3.8, 4) is 0 Å². The summed E-state index contributed by atoms with van der Waals surface area (Å²) in [4.78, 5) is 2.42. The van der Waals surface area contributed by atoms with E-state index in [1.54, 1.807) is 0 Å². The zero-order valence-corrected chi connectivity index (χ0v) is 14.1. The zero-order chi connectivity index (χ0) is 15.6. The van der Waals surface area contributed by atoms with Gasteiger partial charge in [-0.2, -0.15) is 5.10 Å². The van der Waals surface area contributed by atoms with Crippen molar-refractivity contribution in [2.24, 2.45) is 12.8 Å². The molecule has 1 aromatic rings. The fourth-order valence-corrected chi connectivity index (χ4v) is 3.28. The number of anilines is 1. The normalized spacial score (nSPS) is 24.4. The molecule has 21 heavy (non-hydrogen) atoms. The van der Waals surface area contributed by atoms with Crippen molar-refractivity contribution < 1.29 is 4.74 Å². The van der Waals surface area contributed by atoms with Crippen molar-refractivity contribution in [3.63, 3.8) is 0 Å². The molecule has 0 bridgehead atoms. The van der Waals surface area contributed by atoms with Gasteiger partial charge in [-0.05, 0) is 39.5 Å². The molecule has 0 radical (unpaired) electrons. The third kappa shape index (κ3) is 3.40. The first kappa shape index (κ1) is 16.3. The van der Waals surface area contributed by atoms with Crippen molar-refractivity contribution in [2.75, 3.05) is 25.1 Å². The van der Waals surface area contributed by atoms with Gasteiger partial charge in [-0.15, -0.1) is 0 Å². The van der Waals surface area contributed by atoms with E-state index in [0.29, 0.717) is 0 Å². The van der Waals surface area contributed by atoms with Gasteiger partial charge < -0.3 is 15.4 Å². The van der Waals surface area contributed by atoms with Crippen molar-refractivity contribution in [1.29, 1.82) is 0 Å². The highest BCUT2D eigenvalue weighted by atomic mass is 16.5. The maximum atomic E-state index is 6.18. The first-order valence-electron chi connectivity index (χ1n) is 7.98. The average molecular weight is 294 g/mol. The number of nitrogens with two attached hydrogens (primary N) is 1. The summed E-state index contributed by atoms with van der Waals surface area (Å²) in [6.45, 7) is 8.39. The molecule has 2 heterocycles. The van der Waals surface area contributed by atoms with Gasteiger partial charge >= 0.3 is 0 Å². The molecule has 0 amide bonds. The maximum absolute atomic E-state index is 6.18. The summed E-state index contributed by atoms with van der Waals surface area (Å²) >= 11 is 0. The van der Waals surface area contributed by atoms with E-state index in [9.17, 15) is 0 Å². The number of hydrogen-bond acceptors (Lipinski definition) is 4. The Balaban J connectivity index is 2.30. The lowest BCUT2D eigenvalue weighted by Gasteiger charge is -2.41. The molecule has 1 saturated heterocycles. The Kier molecular flexibility index (Phi) is 4.94. The van der Waals surface area contributed by atoms with E-state index in [4.69, 9.17) is 10.5 Å². The molecule has 2 rings (SSSR count). The van der Waals surface area contributed by atoms with E-state index in [1.165, 1.54) is 11.4 Å². The van der Waals surface area contributed by atoms with Gasteiger partial charge in [0.2, 0.25) is 0 Å². The molecule has 1 aliphatic rings. The Morgan fingerprint density at radius 2 is 2.19 bits per heavy atom. The van der Waals surface area contributed by atoms with Gasteiger partial charge in [-0.3, -0.25) is 4.68 Å². The Labute approximate surface area is 128 Å². The number of methoxy groups -OCH3 is 1. The summed E-state index contributed by atoms with van der Waals surface area (Å²) in [5, 5.41) is 4.63. The van der Waals surface area contributed by atoms with Gasteiger partial charge in [0.25, 0.3) is 0 Å². The molecular weight excluding hydrogens is 264 g/mol. The van der Waals surface area contributed by atoms with Crippen LogP contribution < -0.4 is 10.6 Å². The van der Waals surface area contributed by atoms with Gasteiger partial charge in [-0.1, -0.05) is 6.92 Å². The minimum Gasteiger partial charge on any atom is -0.377 e. The van der Waals surface area contributed by atoms with Crippen LogP contribution in [0.2, 0.25) is 0 Å². The molecule has 2 unspecified atom stereocenters. The van der Waals surface area contributed by atoms with Crippen LogP contribution in [0.3, 0.4) is 0 Å². The summed E-state index contributed by atoms with van der Waals surface area (Å²) in [6, 6.07) is 0.199. The first-order valence-corrected chi connectivity index (χ1v) is 7.98. The minimum absolute atomic E-state index is 0.0689. The fraction of sp³-hybridized carbons (Fsp3) is 0.812. The quantitative estimate of drug-likeness (QED) is 0.902. The number of rotatable bonds is 5. The second-order valence-corrected chi connectivity index (χ2v) is 6.56. The average Bonchev–Trinajstić information content (AvgIpc) is 2.73. The standard InChI is InChI=1S/C16H30N4O/c1-6-13(17)10-14-12(2)18-19(4)15(14)20-9-7-8-16(3,11-20)21-5/h13H,6-11,17H2,1-5H3. The Bertz CT molecular complexity index is 485. The van der Waals surface area contributed by atoms with Gasteiger partial charge in [0.1, 0.15) is 5.82 Å². The topological polar surface area (TPSA) is 56.3 Å². The SMILES string of the molecule is CCC(N)Cc1c(C)nn(C)c1N1CCCC(C)(OC)C1. The van der Waals surface area contributed by atoms with E-state index in [-0.39, 0.29) is 11.6 Å². The molecule has 5 nitrogen and oxygen atoms in total. The van der Waals surface area contributed by atoms with Gasteiger partial charge in [0.05, 0.1) is 11.3 Å². The van der Waals surface area contributed by atoms with Crippen LogP contribution >= 0.6 is 0 Å². The molecule has 2 atom stereocenters. The van der Waals surface area contributed by atoms with Crippen LogP contribution in [0.4, 0.5) is 5.82 Å². The number of hydrogen-bond donors (Lipinski definition) is 1. The number of ether oxygens (including phenoxy) is 1. The molecule has 1 aromatic heterocycles. The number of aromatic nitrogens is 2. The van der Waals surface area contributed by atoms with E-state index < -0.39 is 0 Å². The fourth-order valence-electron chi connectivity index (χ4n) is 3.28. The highest BCUT2D eigenvalue weighted by Gasteiger charge is 2.33. The summed E-state index contributed by atoms with van der Waals surface area (Å²) < 4.78 is 7.73. The van der Waals surface area contributed by atoms with Crippen molar-refractivity contribution in [3.05, 3.63) is 11.3 Å². The number of piperidine rings is 1. The van der Waals surface area contributed by atoms with Crippen molar-refractivity contribution in [2.45, 2.75) is 58.1 Å². The lowest BCUT2D eigenvalue weighted by molar-refractivity contribution is -0.00497. The maximum Gasteiger partial charge on any atom is 0.130 e. The van der Waals surface area contributed by atoms with Crippen LogP contribution in [0.25, 0.3) is 0 Å². The zero-order valence-electron chi connectivity index (χ0n) is 14.1. The van der Waals surface area contributed by atoms with E-state index in [2.05, 4.69) is 30.8 Å². The number of aryl methyl sites for hydroxylation is 2. The second-order valence-electron chi connectivity index (χ2n) is 6.56. The molecule has 1 aliphatic heterocycles. The van der Waals surface area contributed by atoms with Crippen molar-refractivity contribution >= 4 is 5.82 Å². The lowest BCUT2D eigenvalue weighted by atomic mass is 9.94. The summed E-state index contributed by atoms with van der Waals surface area (Å²) in [5.41, 5.74) is 8.51. The van der Waals surface area contributed by atoms with Crippen LogP contribution in [0.1, 0.15) is 44.4 Å². The van der Waals surface area contributed by atoms with Gasteiger partial charge in [0.15, 0.2) is 0 Å². The third-order valence-corrected chi connectivity index (χ3v) is 4.76. The molecule has 5 heteroatoms. The molecule has 120 valence electrons. The second kappa shape index (κ2) is 6.36. The Hall–Kier alpha value is -1.07. The van der Waals surface area contributed by atoms with Crippen LogP contribution in [0.15, 0.2) is 0 Å². The molecule has 2 N–H and O–H groups in total. The van der Waals surface area contributed by atoms with E-state index in [1.807, 2.05) is 18.8 Å². The molecule has 0 aromatic carbocycles. The number of nitrogens with zero attached hydrogens (tertiary/aromatic N) is 3. The van der Waals surface area contributed by atoms with Crippen molar-refractivity contribution in [1.82, 2.24) is 9.78 Å². The predicted octanol–water partition coefficient (Wildman–Crippen LogP) is 2.01. The summed E-state index contributed by atoms with van der Waals surface area (Å²) in [5.74, 6) is 1.22. The summed E-state index contributed by atoms with van der Waals surface area (Å²) in [7, 11) is 3.84. The van der Waals surface area contributed by atoms with Crippen LogP contribution in [0, 0.1) is 6.92 Å². The predicted molar refractivity (Wildman–Crippen MR) is 86.8 cm³/mol. The Morgan fingerprint density at radius 3 is 2.81 bits per heavy atom. The first-order chi connectivity index (χ1) is 9.90. The largest absolute Gasteiger partial charge is 0.377 e. The van der Waals surface area contributed by atoms with E-state index in [0.717, 1.165) is 44.5 Å². The molecule has 0 saturated carbocycles. The highest BCUT2D eigenvalue weighted by molar-refractivity contribution is 5.51. The molecule has 0 spiro atoms. The molecule has 1 fully saturated rings. The van der Waals surface area contributed by atoms with E-state index >= 15 is 0 Å². The monoisotopic (exact) mass is 294 g/mol. The van der Waals surface area contributed by atoms with Crippen LogP contribution in [-0.4, -0.2) is 41.6 Å². The van der Waals surface area contributed by atoms with Gasteiger partial charge in [0, 0.05) is 38.9 Å². The van der Waals surface area contributed by atoms with Crippen LogP contribution in [0.5, 0.6) is 0 Å². The van der Waals surface area contributed by atoms with Crippen LogP contribution in [-0.2, 0) is 18.2 Å². The molecule has 0 aliphatic carbocycles. The summed E-state index contributed by atoms with van der Waals surface area (Å²) in [6.07, 6.45) is 4.14. The molecular formula is C16H30N4O. The highest BCUT2D eigenvalue weighted by Crippen LogP contribution is 2.31. The third-order valence-electron chi connectivity index (χ3n) is 4.76. The minimum atomic E-state index is -0.0689. The lowest BCUT2D eigenvalue weighted by Crippen LogP contribution is -2.48. The Morgan fingerprint density at radius 1 is 1.48 bits per heavy atom. The smallest absolute Gasteiger partial charge is 0.130 e.